The first-order valence-corrected chi connectivity index (χ1v) is 5.00. The van der Waals surface area contributed by atoms with Crippen molar-refractivity contribution in [3.8, 4) is 0 Å². The molecule has 2 nitrogen and oxygen atoms in total. The molecule has 0 aliphatic carbocycles. The van der Waals surface area contributed by atoms with Gasteiger partial charge in [-0.3, -0.25) is 4.79 Å². The van der Waals surface area contributed by atoms with Crippen LogP contribution < -0.4 is 5.32 Å². The Morgan fingerprint density at radius 1 is 1.58 bits per heavy atom. The Hall–Kier alpha value is -0.540. The van der Waals surface area contributed by atoms with E-state index in [-0.39, 0.29) is 11.8 Å². The first-order valence-electron chi connectivity index (χ1n) is 3.80. The molecule has 64 valence electrons. The average Bonchev–Trinajstić information content (AvgIpc) is 2.58. The second-order valence-corrected chi connectivity index (χ2v) is 4.52. The number of nitrogens with one attached hydrogen (secondary N) is 1. The van der Waals surface area contributed by atoms with Crippen molar-refractivity contribution in [2.45, 2.75) is 12.3 Å². The van der Waals surface area contributed by atoms with Crippen molar-refractivity contribution in [3.63, 3.8) is 0 Å². The summed E-state index contributed by atoms with van der Waals surface area (Å²) in [6, 6.07) is 3.77. The van der Waals surface area contributed by atoms with Crippen molar-refractivity contribution in [2.75, 3.05) is 6.54 Å². The standard InChI is InChI=1S/C8H8ClNOS/c9-7-2-1-6(12-7)5-3-4-10-8(5)11/h1-2,5H,3-4H2,(H,10,11). The topological polar surface area (TPSA) is 29.1 Å². The van der Waals surface area contributed by atoms with Gasteiger partial charge in [-0.05, 0) is 18.6 Å². The molecule has 0 radical (unpaired) electrons. The lowest BCUT2D eigenvalue weighted by atomic mass is 10.1. The molecule has 0 saturated carbocycles. The van der Waals surface area contributed by atoms with Crippen LogP contribution in [0.25, 0.3) is 0 Å². The number of carbonyl (C=O) groups excluding carboxylic acids is 1. The molecule has 2 rings (SSSR count). The smallest absolute Gasteiger partial charge is 0.228 e. The van der Waals surface area contributed by atoms with Gasteiger partial charge in [0.2, 0.25) is 5.91 Å². The van der Waals surface area contributed by atoms with E-state index in [0.717, 1.165) is 22.2 Å². The zero-order valence-corrected chi connectivity index (χ0v) is 7.91. The van der Waals surface area contributed by atoms with Gasteiger partial charge < -0.3 is 5.32 Å². The lowest BCUT2D eigenvalue weighted by molar-refractivity contribution is -0.120. The summed E-state index contributed by atoms with van der Waals surface area (Å²) >= 11 is 7.27. The van der Waals surface area contributed by atoms with E-state index in [9.17, 15) is 4.79 Å². The highest BCUT2D eigenvalue weighted by molar-refractivity contribution is 7.16. The van der Waals surface area contributed by atoms with Crippen molar-refractivity contribution < 1.29 is 4.79 Å². The Kier molecular flexibility index (Phi) is 2.07. The van der Waals surface area contributed by atoms with E-state index in [1.165, 1.54) is 11.3 Å². The second-order valence-electron chi connectivity index (χ2n) is 2.77. The summed E-state index contributed by atoms with van der Waals surface area (Å²) in [6.45, 7) is 0.791. The van der Waals surface area contributed by atoms with E-state index in [1.54, 1.807) is 0 Å². The molecule has 0 bridgehead atoms. The molecule has 1 saturated heterocycles. The van der Waals surface area contributed by atoms with Crippen LogP contribution in [0.3, 0.4) is 0 Å². The lowest BCUT2D eigenvalue weighted by Gasteiger charge is -2.00. The van der Waals surface area contributed by atoms with Crippen LogP contribution in [-0.2, 0) is 4.79 Å². The predicted octanol–water partition coefficient (Wildman–Crippen LogP) is 2.00. The van der Waals surface area contributed by atoms with Crippen LogP contribution in [0.2, 0.25) is 4.34 Å². The monoisotopic (exact) mass is 201 g/mol. The molecule has 0 aromatic carbocycles. The summed E-state index contributed by atoms with van der Waals surface area (Å²) in [5.41, 5.74) is 0. The van der Waals surface area contributed by atoms with Crippen LogP contribution >= 0.6 is 22.9 Å². The Bertz CT molecular complexity index is 310. The van der Waals surface area contributed by atoms with Crippen LogP contribution in [0, 0.1) is 0 Å². The molecule has 1 unspecified atom stereocenters. The molecule has 1 N–H and O–H groups in total. The van der Waals surface area contributed by atoms with Gasteiger partial charge in [-0.1, -0.05) is 11.6 Å². The third-order valence-corrected chi connectivity index (χ3v) is 3.33. The van der Waals surface area contributed by atoms with E-state index in [0.29, 0.717) is 0 Å². The van der Waals surface area contributed by atoms with Crippen molar-refractivity contribution in [3.05, 3.63) is 21.3 Å². The molecule has 2 heterocycles. The van der Waals surface area contributed by atoms with Gasteiger partial charge in [-0.2, -0.15) is 0 Å². The zero-order chi connectivity index (χ0) is 8.55. The number of hydrogen-bond acceptors (Lipinski definition) is 2. The van der Waals surface area contributed by atoms with Gasteiger partial charge in [-0.25, -0.2) is 0 Å². The van der Waals surface area contributed by atoms with Gasteiger partial charge in [0, 0.05) is 11.4 Å². The SMILES string of the molecule is O=C1NCCC1c1ccc(Cl)s1. The van der Waals surface area contributed by atoms with Gasteiger partial charge in [0.15, 0.2) is 0 Å². The maximum absolute atomic E-state index is 11.2. The highest BCUT2D eigenvalue weighted by Crippen LogP contribution is 2.31. The summed E-state index contributed by atoms with van der Waals surface area (Å²) in [7, 11) is 0. The number of thiophene rings is 1. The number of amides is 1. The minimum Gasteiger partial charge on any atom is -0.356 e. The van der Waals surface area contributed by atoms with E-state index in [4.69, 9.17) is 11.6 Å². The largest absolute Gasteiger partial charge is 0.356 e. The molecule has 1 atom stereocenters. The van der Waals surface area contributed by atoms with Crippen molar-refractivity contribution >= 4 is 28.8 Å². The van der Waals surface area contributed by atoms with E-state index >= 15 is 0 Å². The minimum atomic E-state index is 0.0440. The quantitative estimate of drug-likeness (QED) is 0.740. The first-order chi connectivity index (χ1) is 5.77. The fourth-order valence-electron chi connectivity index (χ4n) is 1.38. The normalized spacial score (nSPS) is 22.8. The summed E-state index contributed by atoms with van der Waals surface area (Å²) in [4.78, 5) is 12.3. The minimum absolute atomic E-state index is 0.0440. The van der Waals surface area contributed by atoms with Crippen LogP contribution in [0.15, 0.2) is 12.1 Å². The fraction of sp³-hybridized carbons (Fsp3) is 0.375. The molecule has 4 heteroatoms. The molecular formula is C8H8ClNOS. The fourth-order valence-corrected chi connectivity index (χ4v) is 2.58. The maximum Gasteiger partial charge on any atom is 0.228 e. The van der Waals surface area contributed by atoms with Gasteiger partial charge in [-0.15, -0.1) is 11.3 Å². The van der Waals surface area contributed by atoms with E-state index in [1.807, 2.05) is 12.1 Å². The molecular weight excluding hydrogens is 194 g/mol. The molecule has 0 spiro atoms. The second kappa shape index (κ2) is 3.07. The summed E-state index contributed by atoms with van der Waals surface area (Å²) in [5.74, 6) is 0.177. The Morgan fingerprint density at radius 2 is 2.42 bits per heavy atom. The average molecular weight is 202 g/mol. The zero-order valence-electron chi connectivity index (χ0n) is 6.34. The third kappa shape index (κ3) is 1.34. The summed E-state index contributed by atoms with van der Waals surface area (Å²) < 4.78 is 0.754. The van der Waals surface area contributed by atoms with Crippen LogP contribution in [-0.4, -0.2) is 12.5 Å². The predicted molar refractivity (Wildman–Crippen MR) is 49.7 cm³/mol. The van der Waals surface area contributed by atoms with Crippen LogP contribution in [0.5, 0.6) is 0 Å². The highest BCUT2D eigenvalue weighted by Gasteiger charge is 2.26. The van der Waals surface area contributed by atoms with E-state index < -0.39 is 0 Å². The molecule has 1 aromatic heterocycles. The van der Waals surface area contributed by atoms with Crippen molar-refractivity contribution in [1.82, 2.24) is 5.32 Å². The highest BCUT2D eigenvalue weighted by atomic mass is 35.5. The van der Waals surface area contributed by atoms with Crippen molar-refractivity contribution in [2.24, 2.45) is 0 Å². The third-order valence-electron chi connectivity index (χ3n) is 1.99. The van der Waals surface area contributed by atoms with E-state index in [2.05, 4.69) is 5.32 Å². The Labute approximate surface area is 79.5 Å². The molecule has 1 fully saturated rings. The van der Waals surface area contributed by atoms with Gasteiger partial charge >= 0.3 is 0 Å². The maximum atomic E-state index is 11.2. The number of halogens is 1. The Morgan fingerprint density at radius 3 is 2.92 bits per heavy atom. The number of hydrogen-bond donors (Lipinski definition) is 1. The lowest BCUT2D eigenvalue weighted by Crippen LogP contribution is -2.17. The molecule has 1 amide bonds. The molecule has 1 aromatic rings. The molecule has 12 heavy (non-hydrogen) atoms. The van der Waals surface area contributed by atoms with Gasteiger partial charge in [0.05, 0.1) is 10.3 Å². The number of rotatable bonds is 1. The molecule has 1 aliphatic rings. The summed E-state index contributed by atoms with van der Waals surface area (Å²) in [5, 5.41) is 2.80. The van der Waals surface area contributed by atoms with Crippen LogP contribution in [0.4, 0.5) is 0 Å². The van der Waals surface area contributed by atoms with Gasteiger partial charge in [0.1, 0.15) is 0 Å². The first kappa shape index (κ1) is 8.08. The van der Waals surface area contributed by atoms with Gasteiger partial charge in [0.25, 0.3) is 0 Å². The number of carbonyl (C=O) groups is 1. The van der Waals surface area contributed by atoms with Crippen molar-refractivity contribution in [1.29, 1.82) is 0 Å². The summed E-state index contributed by atoms with van der Waals surface area (Å²) in [6.07, 6.45) is 0.898. The molecule has 1 aliphatic heterocycles. The van der Waals surface area contributed by atoms with Crippen LogP contribution in [0.1, 0.15) is 17.2 Å². The Balaban J connectivity index is 2.24.